The molecule has 1 aromatic rings. The number of halogens is 1. The maximum atomic E-state index is 13.8. The van der Waals surface area contributed by atoms with E-state index in [0.29, 0.717) is 12.5 Å². The van der Waals surface area contributed by atoms with Gasteiger partial charge in [-0.2, -0.15) is 0 Å². The average Bonchev–Trinajstić information content (AvgIpc) is 2.32. The van der Waals surface area contributed by atoms with Crippen molar-refractivity contribution in [2.24, 2.45) is 5.92 Å². The Morgan fingerprint density at radius 3 is 2.68 bits per heavy atom. The van der Waals surface area contributed by atoms with Crippen LogP contribution in [0.5, 0.6) is 0 Å². The molecule has 108 valence electrons. The Balaban J connectivity index is 2.63. The van der Waals surface area contributed by atoms with E-state index < -0.39 is 0 Å². The van der Waals surface area contributed by atoms with Crippen LogP contribution in [0.1, 0.15) is 38.3 Å². The smallest absolute Gasteiger partial charge is 0.127 e. The summed E-state index contributed by atoms with van der Waals surface area (Å²) in [5.41, 5.74) is 1.95. The summed E-state index contributed by atoms with van der Waals surface area (Å²) in [6, 6.07) is 5.43. The van der Waals surface area contributed by atoms with Gasteiger partial charge in [0.1, 0.15) is 5.82 Å². The summed E-state index contributed by atoms with van der Waals surface area (Å²) in [6.45, 7) is 9.97. The fourth-order valence-corrected chi connectivity index (χ4v) is 2.25. The van der Waals surface area contributed by atoms with E-state index in [0.717, 1.165) is 37.2 Å². The fourth-order valence-electron chi connectivity index (χ4n) is 2.25. The maximum absolute atomic E-state index is 13.8. The second-order valence-electron chi connectivity index (χ2n) is 5.69. The van der Waals surface area contributed by atoms with Gasteiger partial charge in [0, 0.05) is 25.2 Å². The van der Waals surface area contributed by atoms with E-state index in [1.165, 1.54) is 0 Å². The predicted molar refractivity (Wildman–Crippen MR) is 79.6 cm³/mol. The minimum absolute atomic E-state index is 0.102. The molecule has 1 rings (SSSR count). The first kappa shape index (κ1) is 16.1. The number of nitrogens with zero attached hydrogens (tertiary/aromatic N) is 1. The summed E-state index contributed by atoms with van der Waals surface area (Å²) in [5.74, 6) is 0.498. The van der Waals surface area contributed by atoms with Crippen molar-refractivity contribution >= 4 is 0 Å². The molecule has 0 spiro atoms. The molecule has 1 aromatic carbocycles. The van der Waals surface area contributed by atoms with Crippen LogP contribution in [-0.2, 0) is 13.1 Å². The minimum atomic E-state index is -0.102. The van der Waals surface area contributed by atoms with Crippen molar-refractivity contribution in [2.45, 2.75) is 40.3 Å². The SMILES string of the molecule is CCCNCc1ccc(F)c(CN(C)CC(C)C)c1. The number of benzene rings is 1. The monoisotopic (exact) mass is 266 g/mol. The molecular weight excluding hydrogens is 239 g/mol. The molecule has 0 saturated carbocycles. The topological polar surface area (TPSA) is 15.3 Å². The van der Waals surface area contributed by atoms with Crippen molar-refractivity contribution in [3.8, 4) is 0 Å². The molecule has 0 aliphatic rings. The normalized spacial score (nSPS) is 11.5. The lowest BCUT2D eigenvalue weighted by Crippen LogP contribution is -2.23. The van der Waals surface area contributed by atoms with Crippen LogP contribution in [0.25, 0.3) is 0 Å². The van der Waals surface area contributed by atoms with Crippen LogP contribution in [0.4, 0.5) is 4.39 Å². The highest BCUT2D eigenvalue weighted by atomic mass is 19.1. The molecule has 0 aliphatic heterocycles. The lowest BCUT2D eigenvalue weighted by molar-refractivity contribution is 0.284. The number of hydrogen-bond acceptors (Lipinski definition) is 2. The molecule has 19 heavy (non-hydrogen) atoms. The highest BCUT2D eigenvalue weighted by Crippen LogP contribution is 2.13. The van der Waals surface area contributed by atoms with E-state index in [9.17, 15) is 4.39 Å². The van der Waals surface area contributed by atoms with Crippen LogP contribution >= 0.6 is 0 Å². The van der Waals surface area contributed by atoms with Crippen LogP contribution in [0.15, 0.2) is 18.2 Å². The zero-order valence-electron chi connectivity index (χ0n) is 12.7. The molecule has 3 heteroatoms. The van der Waals surface area contributed by atoms with E-state index >= 15 is 0 Å². The molecule has 1 N–H and O–H groups in total. The van der Waals surface area contributed by atoms with Gasteiger partial charge in [0.05, 0.1) is 0 Å². The first-order valence-corrected chi connectivity index (χ1v) is 7.19. The Morgan fingerprint density at radius 2 is 2.05 bits per heavy atom. The first-order chi connectivity index (χ1) is 9.02. The van der Waals surface area contributed by atoms with Gasteiger partial charge in [0.2, 0.25) is 0 Å². The summed E-state index contributed by atoms with van der Waals surface area (Å²) in [6.07, 6.45) is 1.12. The van der Waals surface area contributed by atoms with Gasteiger partial charge in [-0.05, 0) is 37.6 Å². The van der Waals surface area contributed by atoms with Crippen molar-refractivity contribution in [3.63, 3.8) is 0 Å². The quantitative estimate of drug-likeness (QED) is 0.725. The highest BCUT2D eigenvalue weighted by molar-refractivity contribution is 5.25. The summed E-state index contributed by atoms with van der Waals surface area (Å²) in [4.78, 5) is 2.17. The molecule has 0 atom stereocenters. The average molecular weight is 266 g/mol. The third kappa shape index (κ3) is 6.17. The third-order valence-electron chi connectivity index (χ3n) is 2.98. The Kier molecular flexibility index (Phi) is 7.03. The van der Waals surface area contributed by atoms with Gasteiger partial charge in [0.25, 0.3) is 0 Å². The van der Waals surface area contributed by atoms with Gasteiger partial charge in [-0.1, -0.05) is 32.9 Å². The van der Waals surface area contributed by atoms with Gasteiger partial charge in [0.15, 0.2) is 0 Å². The van der Waals surface area contributed by atoms with Crippen LogP contribution < -0.4 is 5.32 Å². The van der Waals surface area contributed by atoms with Crippen LogP contribution in [0, 0.1) is 11.7 Å². The van der Waals surface area contributed by atoms with Crippen molar-refractivity contribution in [1.82, 2.24) is 10.2 Å². The fraction of sp³-hybridized carbons (Fsp3) is 0.625. The van der Waals surface area contributed by atoms with Crippen LogP contribution in [-0.4, -0.2) is 25.0 Å². The van der Waals surface area contributed by atoms with Crippen molar-refractivity contribution in [1.29, 1.82) is 0 Å². The van der Waals surface area contributed by atoms with E-state index in [-0.39, 0.29) is 5.82 Å². The Labute approximate surface area is 117 Å². The molecule has 0 bridgehead atoms. The number of hydrogen-bond donors (Lipinski definition) is 1. The minimum Gasteiger partial charge on any atom is -0.313 e. The van der Waals surface area contributed by atoms with Gasteiger partial charge >= 0.3 is 0 Å². The molecule has 0 saturated heterocycles. The molecule has 0 aliphatic carbocycles. The van der Waals surface area contributed by atoms with E-state index in [1.807, 2.05) is 19.2 Å². The van der Waals surface area contributed by atoms with Crippen LogP contribution in [0.3, 0.4) is 0 Å². The standard InChI is InChI=1S/C16H27FN2/c1-5-8-18-10-14-6-7-16(17)15(9-14)12-19(4)11-13(2)3/h6-7,9,13,18H,5,8,10-12H2,1-4H3. The molecule has 0 aromatic heterocycles. The zero-order chi connectivity index (χ0) is 14.3. The summed E-state index contributed by atoms with van der Waals surface area (Å²) in [7, 11) is 2.04. The lowest BCUT2D eigenvalue weighted by Gasteiger charge is -2.19. The molecule has 0 amide bonds. The molecule has 0 heterocycles. The zero-order valence-corrected chi connectivity index (χ0v) is 12.7. The summed E-state index contributed by atoms with van der Waals surface area (Å²) >= 11 is 0. The van der Waals surface area contributed by atoms with Crippen LogP contribution in [0.2, 0.25) is 0 Å². The first-order valence-electron chi connectivity index (χ1n) is 7.19. The summed E-state index contributed by atoms with van der Waals surface area (Å²) in [5, 5.41) is 3.35. The number of rotatable bonds is 8. The van der Waals surface area contributed by atoms with Gasteiger partial charge in [-0.15, -0.1) is 0 Å². The van der Waals surface area contributed by atoms with E-state index in [2.05, 4.69) is 31.0 Å². The second-order valence-corrected chi connectivity index (χ2v) is 5.69. The Morgan fingerprint density at radius 1 is 1.32 bits per heavy atom. The maximum Gasteiger partial charge on any atom is 0.127 e. The molecular formula is C16H27FN2. The van der Waals surface area contributed by atoms with Gasteiger partial charge in [-0.25, -0.2) is 4.39 Å². The second kappa shape index (κ2) is 8.28. The van der Waals surface area contributed by atoms with Crippen molar-refractivity contribution in [3.05, 3.63) is 35.1 Å². The van der Waals surface area contributed by atoms with Gasteiger partial charge in [-0.3, -0.25) is 0 Å². The van der Waals surface area contributed by atoms with Crippen molar-refractivity contribution < 1.29 is 4.39 Å². The van der Waals surface area contributed by atoms with Crippen molar-refractivity contribution in [2.75, 3.05) is 20.1 Å². The molecule has 0 fully saturated rings. The Bertz CT molecular complexity index is 377. The molecule has 0 radical (unpaired) electrons. The van der Waals surface area contributed by atoms with E-state index in [1.54, 1.807) is 6.07 Å². The van der Waals surface area contributed by atoms with Gasteiger partial charge < -0.3 is 10.2 Å². The predicted octanol–water partition coefficient (Wildman–Crippen LogP) is 3.41. The van der Waals surface area contributed by atoms with E-state index in [4.69, 9.17) is 0 Å². The highest BCUT2D eigenvalue weighted by Gasteiger charge is 2.08. The Hall–Kier alpha value is -0.930. The molecule has 2 nitrogen and oxygen atoms in total. The third-order valence-corrected chi connectivity index (χ3v) is 2.98. The number of nitrogens with one attached hydrogen (secondary N) is 1. The largest absolute Gasteiger partial charge is 0.313 e. The molecule has 0 unspecified atom stereocenters. The lowest BCUT2D eigenvalue weighted by atomic mass is 10.1. The summed E-state index contributed by atoms with van der Waals surface area (Å²) < 4.78 is 13.8.